The Hall–Kier alpha value is -1.14. The number of carbonyl (C=O) groups excluding carboxylic acids is 1. The number of aliphatic hydroxyl groups excluding tert-OH is 1. The molecule has 2 atom stereocenters. The van der Waals surface area contributed by atoms with Gasteiger partial charge in [-0.15, -0.1) is 0 Å². The highest BCUT2D eigenvalue weighted by Crippen LogP contribution is 2.23. The summed E-state index contributed by atoms with van der Waals surface area (Å²) >= 11 is 3.37. The van der Waals surface area contributed by atoms with Crippen LogP contribution in [0.5, 0.6) is 0 Å². The van der Waals surface area contributed by atoms with Crippen molar-refractivity contribution in [3.8, 4) is 0 Å². The van der Waals surface area contributed by atoms with Crippen molar-refractivity contribution in [1.29, 1.82) is 0 Å². The molecule has 2 unspecified atom stereocenters. The van der Waals surface area contributed by atoms with Crippen molar-refractivity contribution in [2.75, 3.05) is 25.0 Å². The second-order valence-corrected chi connectivity index (χ2v) is 6.48. The fourth-order valence-electron chi connectivity index (χ4n) is 2.39. The molecule has 0 bridgehead atoms. The van der Waals surface area contributed by atoms with Crippen molar-refractivity contribution in [1.82, 2.24) is 9.88 Å². The minimum Gasteiger partial charge on any atom is -0.391 e. The number of nitrogens with zero attached hydrogens (tertiary/aromatic N) is 2. The lowest BCUT2D eigenvalue weighted by molar-refractivity contribution is 0.0249. The van der Waals surface area contributed by atoms with Crippen LogP contribution in [0.15, 0.2) is 16.7 Å². The topological polar surface area (TPSA) is 65.5 Å². The van der Waals surface area contributed by atoms with Gasteiger partial charge >= 0.3 is 0 Å². The maximum absolute atomic E-state index is 12.7. The Morgan fingerprint density at radius 3 is 3.05 bits per heavy atom. The zero-order valence-corrected chi connectivity index (χ0v) is 14.1. The molecular weight excluding hydrogens is 334 g/mol. The summed E-state index contributed by atoms with van der Waals surface area (Å²) in [7, 11) is 0. The van der Waals surface area contributed by atoms with Crippen LogP contribution >= 0.6 is 15.9 Å². The van der Waals surface area contributed by atoms with Gasteiger partial charge in [0.15, 0.2) is 0 Å². The second-order valence-electron chi connectivity index (χ2n) is 5.56. The predicted molar refractivity (Wildman–Crippen MR) is 86.4 cm³/mol. The number of aliphatic hydroxyl groups is 1. The van der Waals surface area contributed by atoms with Gasteiger partial charge in [-0.2, -0.15) is 0 Å². The van der Waals surface area contributed by atoms with Crippen molar-refractivity contribution in [3.63, 3.8) is 0 Å². The number of anilines is 1. The Morgan fingerprint density at radius 1 is 1.62 bits per heavy atom. The van der Waals surface area contributed by atoms with Crippen LogP contribution in [0.2, 0.25) is 0 Å². The first kappa shape index (κ1) is 16.2. The van der Waals surface area contributed by atoms with E-state index in [2.05, 4.69) is 33.2 Å². The Morgan fingerprint density at radius 2 is 2.38 bits per heavy atom. The number of aromatic nitrogens is 1. The van der Waals surface area contributed by atoms with E-state index in [1.165, 1.54) is 0 Å². The average molecular weight is 356 g/mol. The summed E-state index contributed by atoms with van der Waals surface area (Å²) in [4.78, 5) is 18.7. The molecule has 1 fully saturated rings. The highest BCUT2D eigenvalue weighted by molar-refractivity contribution is 9.10. The van der Waals surface area contributed by atoms with Crippen LogP contribution in [-0.4, -0.2) is 46.6 Å². The van der Waals surface area contributed by atoms with Crippen LogP contribution in [0.25, 0.3) is 0 Å². The van der Waals surface area contributed by atoms with Crippen molar-refractivity contribution in [2.45, 2.75) is 32.8 Å². The van der Waals surface area contributed by atoms with Crippen LogP contribution in [0.1, 0.15) is 37.0 Å². The summed E-state index contributed by atoms with van der Waals surface area (Å²) in [5.41, 5.74) is 0.555. The third-order valence-corrected chi connectivity index (χ3v) is 4.27. The molecule has 2 rings (SSSR count). The highest BCUT2D eigenvalue weighted by Gasteiger charge is 2.29. The van der Waals surface area contributed by atoms with Gasteiger partial charge in [-0.1, -0.05) is 13.8 Å². The summed E-state index contributed by atoms with van der Waals surface area (Å²) in [5, 5.41) is 13.2. The SMILES string of the molecule is CCCNc1ncc(Br)cc1C(=O)N1CCC(C)C(O)C1. The summed E-state index contributed by atoms with van der Waals surface area (Å²) in [5.74, 6) is 0.777. The number of carbonyl (C=O) groups is 1. The zero-order valence-electron chi connectivity index (χ0n) is 12.5. The molecule has 1 aromatic rings. The van der Waals surface area contributed by atoms with Gasteiger partial charge in [0.2, 0.25) is 0 Å². The highest BCUT2D eigenvalue weighted by atomic mass is 79.9. The second kappa shape index (κ2) is 7.22. The first-order valence-corrected chi connectivity index (χ1v) is 8.19. The molecule has 2 N–H and O–H groups in total. The number of nitrogens with one attached hydrogen (secondary N) is 1. The molecule has 21 heavy (non-hydrogen) atoms. The maximum Gasteiger partial charge on any atom is 0.257 e. The van der Waals surface area contributed by atoms with Gasteiger partial charge in [0.05, 0.1) is 11.7 Å². The molecule has 0 aliphatic carbocycles. The molecule has 6 heteroatoms. The van der Waals surface area contributed by atoms with Gasteiger partial charge in [0.1, 0.15) is 5.82 Å². The number of rotatable bonds is 4. The molecule has 2 heterocycles. The normalized spacial score (nSPS) is 22.2. The molecule has 0 saturated carbocycles. The standard InChI is InChI=1S/C15H22BrN3O2/c1-3-5-17-14-12(7-11(16)8-18-14)15(21)19-6-4-10(2)13(20)9-19/h7-8,10,13,20H,3-6,9H2,1-2H3,(H,17,18). The Balaban J connectivity index is 2.19. The molecule has 1 saturated heterocycles. The van der Waals surface area contributed by atoms with Crippen LogP contribution < -0.4 is 5.32 Å². The van der Waals surface area contributed by atoms with Gasteiger partial charge in [-0.05, 0) is 40.8 Å². The number of hydrogen-bond donors (Lipinski definition) is 2. The molecule has 1 aromatic heterocycles. The molecular formula is C15H22BrN3O2. The summed E-state index contributed by atoms with van der Waals surface area (Å²) in [6, 6.07) is 1.79. The van der Waals surface area contributed by atoms with E-state index < -0.39 is 6.10 Å². The molecule has 1 aliphatic rings. The third kappa shape index (κ3) is 3.95. The molecule has 0 spiro atoms. The fraction of sp³-hybridized carbons (Fsp3) is 0.600. The van der Waals surface area contributed by atoms with E-state index in [4.69, 9.17) is 0 Å². The van der Waals surface area contributed by atoms with E-state index in [1.807, 2.05) is 6.92 Å². The van der Waals surface area contributed by atoms with Gasteiger partial charge < -0.3 is 15.3 Å². The minimum absolute atomic E-state index is 0.0756. The quantitative estimate of drug-likeness (QED) is 0.870. The molecule has 1 amide bonds. The van der Waals surface area contributed by atoms with E-state index in [9.17, 15) is 9.90 Å². The largest absolute Gasteiger partial charge is 0.391 e. The van der Waals surface area contributed by atoms with Crippen LogP contribution in [0, 0.1) is 5.92 Å². The number of halogens is 1. The van der Waals surface area contributed by atoms with E-state index in [0.717, 1.165) is 23.9 Å². The fourth-order valence-corrected chi connectivity index (χ4v) is 2.72. The van der Waals surface area contributed by atoms with Gasteiger partial charge in [0, 0.05) is 30.3 Å². The summed E-state index contributed by atoms with van der Waals surface area (Å²) < 4.78 is 0.777. The van der Waals surface area contributed by atoms with E-state index in [1.54, 1.807) is 17.2 Å². The lowest BCUT2D eigenvalue weighted by atomic mass is 9.95. The maximum atomic E-state index is 12.7. The molecule has 116 valence electrons. The van der Waals surface area contributed by atoms with Gasteiger partial charge in [-0.25, -0.2) is 4.98 Å². The lowest BCUT2D eigenvalue weighted by Crippen LogP contribution is -2.46. The molecule has 5 nitrogen and oxygen atoms in total. The van der Waals surface area contributed by atoms with Crippen molar-refractivity contribution in [3.05, 3.63) is 22.3 Å². The number of β-amino-alcohol motifs (C(OH)–C–C–N with tert-alkyl or cyclic N) is 1. The third-order valence-electron chi connectivity index (χ3n) is 3.83. The van der Waals surface area contributed by atoms with Gasteiger partial charge in [-0.3, -0.25) is 4.79 Å². The molecule has 0 aromatic carbocycles. The number of pyridine rings is 1. The predicted octanol–water partition coefficient (Wildman–Crippen LogP) is 2.51. The van der Waals surface area contributed by atoms with Crippen molar-refractivity contribution < 1.29 is 9.90 Å². The Bertz CT molecular complexity index is 510. The monoisotopic (exact) mass is 355 g/mol. The van der Waals surface area contributed by atoms with E-state index in [-0.39, 0.29) is 11.8 Å². The minimum atomic E-state index is -0.449. The van der Waals surface area contributed by atoms with E-state index >= 15 is 0 Å². The number of likely N-dealkylation sites (tertiary alicyclic amines) is 1. The van der Waals surface area contributed by atoms with Crippen LogP contribution in [-0.2, 0) is 0 Å². The van der Waals surface area contributed by atoms with E-state index in [0.29, 0.717) is 24.5 Å². The van der Waals surface area contributed by atoms with Crippen molar-refractivity contribution in [2.24, 2.45) is 5.92 Å². The number of amides is 1. The van der Waals surface area contributed by atoms with Crippen LogP contribution in [0.3, 0.4) is 0 Å². The van der Waals surface area contributed by atoms with Crippen LogP contribution in [0.4, 0.5) is 5.82 Å². The number of hydrogen-bond acceptors (Lipinski definition) is 4. The zero-order chi connectivity index (χ0) is 15.4. The lowest BCUT2D eigenvalue weighted by Gasteiger charge is -2.34. The average Bonchev–Trinajstić information content (AvgIpc) is 2.48. The smallest absolute Gasteiger partial charge is 0.257 e. The number of piperidine rings is 1. The Kier molecular flexibility index (Phi) is 5.58. The Labute approximate surface area is 133 Å². The van der Waals surface area contributed by atoms with Gasteiger partial charge in [0.25, 0.3) is 5.91 Å². The summed E-state index contributed by atoms with van der Waals surface area (Å²) in [6.07, 6.45) is 3.02. The van der Waals surface area contributed by atoms with Crippen molar-refractivity contribution >= 4 is 27.7 Å². The summed E-state index contributed by atoms with van der Waals surface area (Å²) in [6.45, 7) is 5.92. The first-order chi connectivity index (χ1) is 10.0. The molecule has 0 radical (unpaired) electrons. The first-order valence-electron chi connectivity index (χ1n) is 7.39. The molecule has 1 aliphatic heterocycles.